The van der Waals surface area contributed by atoms with Gasteiger partial charge in [0.2, 0.25) is 0 Å². The zero-order valence-electron chi connectivity index (χ0n) is 13.3. The fourth-order valence-electron chi connectivity index (χ4n) is 2.14. The Morgan fingerprint density at radius 2 is 1.67 bits per heavy atom. The van der Waals surface area contributed by atoms with Crippen LogP contribution in [-0.4, -0.2) is 25.2 Å². The van der Waals surface area contributed by atoms with Crippen LogP contribution in [0.3, 0.4) is 0 Å². The number of phenolic OH excluding ortho intramolecular Hbond substituents is 1. The summed E-state index contributed by atoms with van der Waals surface area (Å²) in [4.78, 5) is -0.238. The maximum Gasteiger partial charge on any atom is 0.294 e. The lowest BCUT2D eigenvalue weighted by atomic mass is 10.1. The molecule has 0 radical (unpaired) electrons. The van der Waals surface area contributed by atoms with E-state index in [1.165, 1.54) is 25.3 Å². The molecule has 128 valence electrons. The average molecular weight is 351 g/mol. The second-order valence-electron chi connectivity index (χ2n) is 5.16. The van der Waals surface area contributed by atoms with Gasteiger partial charge in [0.1, 0.15) is 5.69 Å². The number of rotatable bonds is 4. The average Bonchev–Trinajstić information content (AvgIpc) is 2.46. The maximum atomic E-state index is 11.4. The molecule has 0 amide bonds. The summed E-state index contributed by atoms with van der Waals surface area (Å²) >= 11 is 0. The first-order chi connectivity index (χ1) is 11.1. The Hall–Kier alpha value is -2.65. The Kier molecular flexibility index (Phi) is 4.76. The Labute approximate surface area is 139 Å². The van der Waals surface area contributed by atoms with E-state index in [0.29, 0.717) is 11.1 Å². The number of benzene rings is 2. The Bertz CT molecular complexity index is 923. The zero-order valence-corrected chi connectivity index (χ0v) is 14.1. The van der Waals surface area contributed by atoms with Crippen LogP contribution in [0.5, 0.6) is 11.5 Å². The van der Waals surface area contributed by atoms with Gasteiger partial charge in [0.15, 0.2) is 11.5 Å². The van der Waals surface area contributed by atoms with E-state index in [2.05, 4.69) is 10.2 Å². The first-order valence-electron chi connectivity index (χ1n) is 6.80. The van der Waals surface area contributed by atoms with Crippen LogP contribution in [-0.2, 0) is 10.1 Å². The third kappa shape index (κ3) is 3.63. The monoisotopic (exact) mass is 351 g/mol. The van der Waals surface area contributed by atoms with Crippen LogP contribution in [0.15, 0.2) is 39.4 Å². The molecule has 0 aliphatic heterocycles. The van der Waals surface area contributed by atoms with Gasteiger partial charge in [-0.1, -0.05) is 6.07 Å². The van der Waals surface area contributed by atoms with Crippen molar-refractivity contribution in [1.29, 1.82) is 0 Å². The van der Waals surface area contributed by atoms with E-state index in [1.54, 1.807) is 19.9 Å². The molecule has 0 aliphatic carbocycles. The third-order valence-corrected chi connectivity index (χ3v) is 4.36. The maximum absolute atomic E-state index is 11.4. The van der Waals surface area contributed by atoms with Gasteiger partial charge in [-0.05, 0) is 31.0 Å². The van der Waals surface area contributed by atoms with Crippen LogP contribution >= 0.6 is 0 Å². The molecular formula is C15H17N3O5S. The van der Waals surface area contributed by atoms with Crippen molar-refractivity contribution in [2.75, 3.05) is 12.8 Å². The lowest BCUT2D eigenvalue weighted by Gasteiger charge is -2.08. The largest absolute Gasteiger partial charge is 0.504 e. The number of nitrogens with two attached hydrogens (primary N) is 1. The molecule has 2 aromatic carbocycles. The normalized spacial score (nSPS) is 11.8. The highest BCUT2D eigenvalue weighted by atomic mass is 32.2. The second-order valence-corrected chi connectivity index (χ2v) is 6.55. The summed E-state index contributed by atoms with van der Waals surface area (Å²) in [6.07, 6.45) is 0. The van der Waals surface area contributed by atoms with Crippen molar-refractivity contribution in [3.8, 4) is 11.5 Å². The third-order valence-electron chi connectivity index (χ3n) is 3.37. The molecule has 0 fully saturated rings. The van der Waals surface area contributed by atoms with E-state index in [0.717, 1.165) is 0 Å². The number of hydrogen-bond acceptors (Lipinski definition) is 7. The van der Waals surface area contributed by atoms with Crippen molar-refractivity contribution >= 4 is 27.2 Å². The number of nitrogen functional groups attached to an aromatic ring is 1. The summed E-state index contributed by atoms with van der Waals surface area (Å²) in [5.41, 5.74) is 7.53. The van der Waals surface area contributed by atoms with Gasteiger partial charge in [-0.2, -0.15) is 13.5 Å². The smallest absolute Gasteiger partial charge is 0.294 e. The molecule has 2 rings (SSSR count). The van der Waals surface area contributed by atoms with Crippen LogP contribution in [0.1, 0.15) is 11.1 Å². The van der Waals surface area contributed by atoms with E-state index in [-0.39, 0.29) is 33.5 Å². The molecule has 9 heteroatoms. The highest BCUT2D eigenvalue weighted by molar-refractivity contribution is 7.85. The summed E-state index contributed by atoms with van der Waals surface area (Å²) < 4.78 is 37.0. The van der Waals surface area contributed by atoms with Crippen molar-refractivity contribution in [2.24, 2.45) is 10.2 Å². The standard InChI is InChI=1S/C15H17N3O5S/c1-8-4-9(2)15(24(20,21)22)7-11(8)17-18-12-6-14(23-3)13(19)5-10(12)16/h4-7,19H,16H2,1-3H3,(H,20,21,22). The Morgan fingerprint density at radius 3 is 2.25 bits per heavy atom. The van der Waals surface area contributed by atoms with Gasteiger partial charge in [-0.15, -0.1) is 5.11 Å². The quantitative estimate of drug-likeness (QED) is 0.439. The topological polar surface area (TPSA) is 135 Å². The molecule has 4 N–H and O–H groups in total. The van der Waals surface area contributed by atoms with Crippen LogP contribution in [0.2, 0.25) is 0 Å². The molecule has 8 nitrogen and oxygen atoms in total. The number of aryl methyl sites for hydroxylation is 2. The molecule has 0 heterocycles. The molecule has 0 unspecified atom stereocenters. The first-order valence-corrected chi connectivity index (χ1v) is 8.24. The molecule has 0 atom stereocenters. The van der Waals surface area contributed by atoms with Crippen LogP contribution < -0.4 is 10.5 Å². The lowest BCUT2D eigenvalue weighted by molar-refractivity contribution is 0.374. The van der Waals surface area contributed by atoms with E-state index >= 15 is 0 Å². The fourth-order valence-corrected chi connectivity index (χ4v) is 2.87. The molecule has 0 spiro atoms. The summed E-state index contributed by atoms with van der Waals surface area (Å²) in [6.45, 7) is 3.30. The first kappa shape index (κ1) is 17.7. The predicted octanol–water partition coefficient (Wildman–Crippen LogP) is 3.26. The Balaban J connectivity index is 2.50. The number of anilines is 1. The highest BCUT2D eigenvalue weighted by Crippen LogP contribution is 2.37. The number of ether oxygens (including phenoxy) is 1. The number of azo groups is 1. The van der Waals surface area contributed by atoms with Crippen LogP contribution in [0.25, 0.3) is 0 Å². The van der Waals surface area contributed by atoms with Crippen molar-refractivity contribution in [3.05, 3.63) is 35.4 Å². The SMILES string of the molecule is COc1cc(N=Nc2cc(S(=O)(=O)O)c(C)cc2C)c(N)cc1O. The second kappa shape index (κ2) is 6.46. The summed E-state index contributed by atoms with van der Waals surface area (Å²) in [5, 5.41) is 17.6. The van der Waals surface area contributed by atoms with Gasteiger partial charge >= 0.3 is 0 Å². The number of nitrogens with zero attached hydrogens (tertiary/aromatic N) is 2. The molecule has 24 heavy (non-hydrogen) atoms. The van der Waals surface area contributed by atoms with Crippen molar-refractivity contribution < 1.29 is 22.8 Å². The highest BCUT2D eigenvalue weighted by Gasteiger charge is 2.15. The van der Waals surface area contributed by atoms with E-state index < -0.39 is 10.1 Å². The summed E-state index contributed by atoms with van der Waals surface area (Å²) in [7, 11) is -2.98. The summed E-state index contributed by atoms with van der Waals surface area (Å²) in [5.74, 6) is 0.0477. The van der Waals surface area contributed by atoms with Crippen LogP contribution in [0.4, 0.5) is 17.1 Å². The van der Waals surface area contributed by atoms with E-state index in [1.807, 2.05) is 0 Å². The Morgan fingerprint density at radius 1 is 1.04 bits per heavy atom. The predicted molar refractivity (Wildman–Crippen MR) is 89.0 cm³/mol. The van der Waals surface area contributed by atoms with Gasteiger partial charge in [0.05, 0.1) is 23.4 Å². The van der Waals surface area contributed by atoms with E-state index in [4.69, 9.17) is 10.5 Å². The van der Waals surface area contributed by atoms with Crippen molar-refractivity contribution in [1.82, 2.24) is 0 Å². The van der Waals surface area contributed by atoms with Gasteiger partial charge in [0.25, 0.3) is 10.1 Å². The molecule has 2 aromatic rings. The van der Waals surface area contributed by atoms with Gasteiger partial charge < -0.3 is 15.6 Å². The van der Waals surface area contributed by atoms with Gasteiger partial charge in [0, 0.05) is 12.1 Å². The number of aromatic hydroxyl groups is 1. The molecule has 0 aliphatic rings. The molecule has 0 saturated heterocycles. The molecular weight excluding hydrogens is 334 g/mol. The van der Waals surface area contributed by atoms with Crippen molar-refractivity contribution in [2.45, 2.75) is 18.7 Å². The molecule has 0 bridgehead atoms. The minimum absolute atomic E-state index is 0.130. The fraction of sp³-hybridized carbons (Fsp3) is 0.200. The van der Waals surface area contributed by atoms with E-state index in [9.17, 15) is 18.1 Å². The van der Waals surface area contributed by atoms with Gasteiger partial charge in [-0.3, -0.25) is 4.55 Å². The van der Waals surface area contributed by atoms with Crippen LogP contribution in [0, 0.1) is 13.8 Å². The van der Waals surface area contributed by atoms with Gasteiger partial charge in [-0.25, -0.2) is 0 Å². The molecule has 0 saturated carbocycles. The summed E-state index contributed by atoms with van der Waals surface area (Å²) in [6, 6.07) is 5.50. The number of methoxy groups -OCH3 is 1. The van der Waals surface area contributed by atoms with Crippen molar-refractivity contribution in [3.63, 3.8) is 0 Å². The molecule has 0 aromatic heterocycles. The minimum atomic E-state index is -4.36. The number of phenols is 1. The minimum Gasteiger partial charge on any atom is -0.504 e. The lowest BCUT2D eigenvalue weighted by Crippen LogP contribution is -2.01. The zero-order chi connectivity index (χ0) is 18.1. The number of hydrogen-bond donors (Lipinski definition) is 3.